The van der Waals surface area contributed by atoms with Gasteiger partial charge in [-0.15, -0.1) is 0 Å². The number of ether oxygens (including phenoxy) is 2. The second kappa shape index (κ2) is 5.88. The van der Waals surface area contributed by atoms with Crippen LogP contribution in [0.25, 0.3) is 0 Å². The lowest BCUT2D eigenvalue weighted by atomic mass is 10.2. The lowest BCUT2D eigenvalue weighted by molar-refractivity contribution is 0.0728. The molecule has 5 nitrogen and oxygen atoms in total. The summed E-state index contributed by atoms with van der Waals surface area (Å²) in [6.45, 7) is 0. The molecule has 0 saturated heterocycles. The Bertz CT molecular complexity index is 634. The number of benzene rings is 2. The average Bonchev–Trinajstić information content (AvgIpc) is 2.48. The first kappa shape index (κ1) is 13.6. The summed E-state index contributed by atoms with van der Waals surface area (Å²) >= 11 is 0. The number of methoxy groups -OCH3 is 1. The van der Waals surface area contributed by atoms with Crippen molar-refractivity contribution in [3.05, 3.63) is 53.6 Å². The van der Waals surface area contributed by atoms with Gasteiger partial charge >= 0.3 is 5.97 Å². The van der Waals surface area contributed by atoms with Crippen molar-refractivity contribution in [2.75, 3.05) is 7.11 Å². The zero-order valence-corrected chi connectivity index (χ0v) is 10.7. The molecule has 0 aromatic heterocycles. The molecule has 0 aliphatic carbocycles. The highest BCUT2D eigenvalue weighted by Crippen LogP contribution is 2.38. The fraction of sp³-hybridized carbons (Fsp3) is 0.0667. The highest BCUT2D eigenvalue weighted by molar-refractivity contribution is 5.93. The molecular formula is C15H12O5. The van der Waals surface area contributed by atoms with Gasteiger partial charge in [0, 0.05) is 0 Å². The van der Waals surface area contributed by atoms with Crippen LogP contribution in [0.4, 0.5) is 0 Å². The van der Waals surface area contributed by atoms with Crippen LogP contribution < -0.4 is 9.47 Å². The van der Waals surface area contributed by atoms with E-state index < -0.39 is 5.97 Å². The normalized spacial score (nSPS) is 9.85. The molecule has 0 amide bonds. The van der Waals surface area contributed by atoms with Gasteiger partial charge in [-0.1, -0.05) is 18.2 Å². The second-order valence-corrected chi connectivity index (χ2v) is 3.91. The van der Waals surface area contributed by atoms with Gasteiger partial charge < -0.3 is 14.6 Å². The van der Waals surface area contributed by atoms with Gasteiger partial charge in [0.15, 0.2) is 17.8 Å². The molecule has 2 aromatic carbocycles. The summed E-state index contributed by atoms with van der Waals surface area (Å²) in [6.07, 6.45) is 0.523. The minimum atomic E-state index is -0.641. The first-order valence-corrected chi connectivity index (χ1v) is 5.79. The number of esters is 1. The molecule has 0 unspecified atom stereocenters. The zero-order chi connectivity index (χ0) is 14.5. The number of hydrogen-bond acceptors (Lipinski definition) is 5. The predicted octanol–water partition coefficient (Wildman–Crippen LogP) is 2.43. The number of phenolic OH excluding ortho intramolecular Hbond substituents is 1. The Labute approximate surface area is 115 Å². The van der Waals surface area contributed by atoms with Crippen molar-refractivity contribution in [1.29, 1.82) is 0 Å². The van der Waals surface area contributed by atoms with Crippen LogP contribution in [0, 0.1) is 0 Å². The van der Waals surface area contributed by atoms with Gasteiger partial charge in [-0.3, -0.25) is 4.79 Å². The second-order valence-electron chi connectivity index (χ2n) is 3.91. The monoisotopic (exact) mass is 272 g/mol. The van der Waals surface area contributed by atoms with E-state index >= 15 is 0 Å². The summed E-state index contributed by atoms with van der Waals surface area (Å²) < 4.78 is 10.1. The molecule has 0 fully saturated rings. The van der Waals surface area contributed by atoms with Crippen molar-refractivity contribution in [1.82, 2.24) is 0 Å². The van der Waals surface area contributed by atoms with Crippen LogP contribution in [0.1, 0.15) is 20.7 Å². The number of rotatable bonds is 4. The Hall–Kier alpha value is -2.82. The van der Waals surface area contributed by atoms with Crippen molar-refractivity contribution in [3.8, 4) is 17.2 Å². The van der Waals surface area contributed by atoms with Gasteiger partial charge in [0.05, 0.1) is 18.2 Å². The lowest BCUT2D eigenvalue weighted by Crippen LogP contribution is -2.10. The van der Waals surface area contributed by atoms with E-state index in [1.165, 1.54) is 19.2 Å². The van der Waals surface area contributed by atoms with Crippen LogP contribution in [0.5, 0.6) is 17.2 Å². The fourth-order valence-corrected chi connectivity index (χ4v) is 1.69. The number of hydrogen-bond donors (Lipinski definition) is 1. The maximum atomic E-state index is 12.0. The number of phenols is 1. The summed E-state index contributed by atoms with van der Waals surface area (Å²) in [5.74, 6) is -1.01. The van der Waals surface area contributed by atoms with Gasteiger partial charge in [-0.05, 0) is 24.3 Å². The summed E-state index contributed by atoms with van der Waals surface area (Å²) in [5, 5.41) is 9.66. The molecule has 0 aliphatic heterocycles. The van der Waals surface area contributed by atoms with Crippen LogP contribution in [0.3, 0.4) is 0 Å². The molecule has 0 heterocycles. The van der Waals surface area contributed by atoms with E-state index in [0.29, 0.717) is 11.8 Å². The van der Waals surface area contributed by atoms with E-state index in [1.54, 1.807) is 30.3 Å². The van der Waals surface area contributed by atoms with Crippen molar-refractivity contribution in [2.24, 2.45) is 0 Å². The molecule has 2 rings (SSSR count). The molecule has 102 valence electrons. The third-order valence-corrected chi connectivity index (χ3v) is 2.66. The topological polar surface area (TPSA) is 72.8 Å². The zero-order valence-electron chi connectivity index (χ0n) is 10.7. The SMILES string of the molecule is COc1c(O)ccc(C=O)c1OC(=O)c1ccccc1. The summed E-state index contributed by atoms with van der Waals surface area (Å²) in [7, 11) is 1.31. The van der Waals surface area contributed by atoms with E-state index in [1.807, 2.05) is 0 Å². The number of carbonyl (C=O) groups is 2. The number of aldehydes is 1. The van der Waals surface area contributed by atoms with Gasteiger partial charge in [0.2, 0.25) is 5.75 Å². The first-order valence-electron chi connectivity index (χ1n) is 5.79. The van der Waals surface area contributed by atoms with Gasteiger partial charge in [-0.2, -0.15) is 0 Å². The van der Waals surface area contributed by atoms with Crippen molar-refractivity contribution in [3.63, 3.8) is 0 Å². The van der Waals surface area contributed by atoms with Gasteiger partial charge in [0.25, 0.3) is 0 Å². The average molecular weight is 272 g/mol. The summed E-state index contributed by atoms with van der Waals surface area (Å²) in [6, 6.07) is 11.0. The molecule has 20 heavy (non-hydrogen) atoms. The Balaban J connectivity index is 2.40. The standard InChI is InChI=1S/C15H12O5/c1-19-14-12(17)8-7-11(9-16)13(14)20-15(18)10-5-3-2-4-6-10/h2-9,17H,1H3. The third-order valence-electron chi connectivity index (χ3n) is 2.66. The van der Waals surface area contributed by atoms with E-state index in [9.17, 15) is 14.7 Å². The molecule has 2 aromatic rings. The molecule has 5 heteroatoms. The number of aromatic hydroxyl groups is 1. The lowest BCUT2D eigenvalue weighted by Gasteiger charge is -2.12. The summed E-state index contributed by atoms with van der Waals surface area (Å²) in [4.78, 5) is 23.0. The first-order chi connectivity index (χ1) is 9.67. The van der Waals surface area contributed by atoms with Crippen LogP contribution >= 0.6 is 0 Å². The molecule has 0 bridgehead atoms. The Kier molecular flexibility index (Phi) is 4.00. The maximum Gasteiger partial charge on any atom is 0.343 e. The molecule has 0 saturated carbocycles. The fourth-order valence-electron chi connectivity index (χ4n) is 1.69. The van der Waals surface area contributed by atoms with Gasteiger partial charge in [-0.25, -0.2) is 4.79 Å². The molecule has 1 N–H and O–H groups in total. The molecule has 0 spiro atoms. The number of carbonyl (C=O) groups excluding carboxylic acids is 2. The largest absolute Gasteiger partial charge is 0.504 e. The van der Waals surface area contributed by atoms with E-state index in [2.05, 4.69) is 0 Å². The summed E-state index contributed by atoms with van der Waals surface area (Å²) in [5.41, 5.74) is 0.443. The van der Waals surface area contributed by atoms with Crippen LogP contribution in [-0.2, 0) is 0 Å². The van der Waals surface area contributed by atoms with E-state index in [-0.39, 0.29) is 22.8 Å². The van der Waals surface area contributed by atoms with Crippen molar-refractivity contribution < 1.29 is 24.2 Å². The van der Waals surface area contributed by atoms with Crippen LogP contribution in [0.2, 0.25) is 0 Å². The molecule has 0 aliphatic rings. The molecular weight excluding hydrogens is 260 g/mol. The van der Waals surface area contributed by atoms with E-state index in [4.69, 9.17) is 9.47 Å². The predicted molar refractivity (Wildman–Crippen MR) is 71.4 cm³/mol. The Morgan fingerprint density at radius 1 is 1.10 bits per heavy atom. The van der Waals surface area contributed by atoms with Crippen LogP contribution in [-0.4, -0.2) is 24.5 Å². The highest BCUT2D eigenvalue weighted by Gasteiger charge is 2.19. The van der Waals surface area contributed by atoms with Crippen LogP contribution in [0.15, 0.2) is 42.5 Å². The molecule has 0 radical (unpaired) electrons. The Morgan fingerprint density at radius 2 is 1.80 bits per heavy atom. The van der Waals surface area contributed by atoms with E-state index in [0.717, 1.165) is 0 Å². The van der Waals surface area contributed by atoms with Gasteiger partial charge in [0.1, 0.15) is 0 Å². The quantitative estimate of drug-likeness (QED) is 0.525. The Morgan fingerprint density at radius 3 is 2.40 bits per heavy atom. The maximum absolute atomic E-state index is 12.0. The highest BCUT2D eigenvalue weighted by atomic mass is 16.6. The smallest absolute Gasteiger partial charge is 0.343 e. The van der Waals surface area contributed by atoms with Crippen molar-refractivity contribution >= 4 is 12.3 Å². The minimum Gasteiger partial charge on any atom is -0.504 e. The van der Waals surface area contributed by atoms with Crippen molar-refractivity contribution in [2.45, 2.75) is 0 Å². The third kappa shape index (κ3) is 2.61. The molecule has 0 atom stereocenters. The minimum absolute atomic E-state index is 0.0566.